The van der Waals surface area contributed by atoms with Gasteiger partial charge in [-0.15, -0.1) is 0 Å². The molecule has 0 bridgehead atoms. The monoisotopic (exact) mass is 170 g/mol. The molecule has 1 rings (SSSR count). The zero-order valence-electron chi connectivity index (χ0n) is 8.39. The van der Waals surface area contributed by atoms with Crippen LogP contribution < -0.4 is 0 Å². The van der Waals surface area contributed by atoms with Crippen LogP contribution in [0.5, 0.6) is 0 Å². The summed E-state index contributed by atoms with van der Waals surface area (Å²) in [7, 11) is 0. The zero-order valence-corrected chi connectivity index (χ0v) is 8.39. The second-order valence-electron chi connectivity index (χ2n) is 4.57. The molecule has 1 atom stereocenters. The van der Waals surface area contributed by atoms with Crippen LogP contribution in [0.1, 0.15) is 34.1 Å². The highest BCUT2D eigenvalue weighted by atomic mass is 16.5. The molecule has 0 aromatic carbocycles. The van der Waals surface area contributed by atoms with Crippen molar-refractivity contribution in [1.82, 2.24) is 0 Å². The van der Waals surface area contributed by atoms with E-state index in [1.807, 2.05) is 13.8 Å². The van der Waals surface area contributed by atoms with Crippen molar-refractivity contribution in [2.75, 3.05) is 6.61 Å². The van der Waals surface area contributed by atoms with Crippen LogP contribution in [0.4, 0.5) is 0 Å². The highest BCUT2D eigenvalue weighted by Crippen LogP contribution is 2.51. The molecule has 0 amide bonds. The van der Waals surface area contributed by atoms with Gasteiger partial charge in [0.25, 0.3) is 0 Å². The number of Topliss-reactive ketones (excluding diaryl/α,β-unsaturated/α-hetero) is 1. The molecule has 1 saturated carbocycles. The Morgan fingerprint density at radius 1 is 1.58 bits per heavy atom. The average molecular weight is 170 g/mol. The van der Waals surface area contributed by atoms with Gasteiger partial charge in [0.1, 0.15) is 6.61 Å². The summed E-state index contributed by atoms with van der Waals surface area (Å²) in [5.41, 5.74) is 0.247. The van der Waals surface area contributed by atoms with Gasteiger partial charge in [0.2, 0.25) is 0 Å². The Kier molecular flexibility index (Phi) is 2.57. The van der Waals surface area contributed by atoms with Gasteiger partial charge in [-0.3, -0.25) is 4.79 Å². The van der Waals surface area contributed by atoms with Crippen molar-refractivity contribution in [3.63, 3.8) is 0 Å². The largest absolute Gasteiger partial charge is 0.371 e. The Morgan fingerprint density at radius 2 is 2.08 bits per heavy atom. The van der Waals surface area contributed by atoms with Gasteiger partial charge in [0, 0.05) is 5.92 Å². The number of ketones is 1. The van der Waals surface area contributed by atoms with Gasteiger partial charge < -0.3 is 4.74 Å². The maximum absolute atomic E-state index is 11.4. The molecule has 0 saturated heterocycles. The lowest BCUT2D eigenvalue weighted by Gasteiger charge is -2.07. The molecule has 70 valence electrons. The van der Waals surface area contributed by atoms with Crippen LogP contribution in [0.2, 0.25) is 0 Å². The molecule has 12 heavy (non-hydrogen) atoms. The van der Waals surface area contributed by atoms with Crippen LogP contribution in [-0.4, -0.2) is 18.5 Å². The minimum Gasteiger partial charge on any atom is -0.371 e. The second-order valence-corrected chi connectivity index (χ2v) is 4.57. The molecule has 1 aliphatic carbocycles. The van der Waals surface area contributed by atoms with Gasteiger partial charge in [-0.2, -0.15) is 0 Å². The Morgan fingerprint density at radius 3 is 2.42 bits per heavy atom. The summed E-state index contributed by atoms with van der Waals surface area (Å²) >= 11 is 0. The lowest BCUT2D eigenvalue weighted by molar-refractivity contribution is -0.126. The van der Waals surface area contributed by atoms with E-state index in [-0.39, 0.29) is 23.2 Å². The van der Waals surface area contributed by atoms with Crippen molar-refractivity contribution in [1.29, 1.82) is 0 Å². The van der Waals surface area contributed by atoms with Crippen LogP contribution in [0.15, 0.2) is 0 Å². The fourth-order valence-electron chi connectivity index (χ4n) is 1.37. The third-order valence-electron chi connectivity index (χ3n) is 2.46. The Hall–Kier alpha value is -0.370. The van der Waals surface area contributed by atoms with Crippen molar-refractivity contribution >= 4 is 5.78 Å². The Bertz CT molecular complexity index is 182. The first-order valence-electron chi connectivity index (χ1n) is 4.58. The molecule has 0 aromatic rings. The molecule has 0 aliphatic heterocycles. The quantitative estimate of drug-likeness (QED) is 0.645. The summed E-state index contributed by atoms with van der Waals surface area (Å²) in [4.78, 5) is 11.4. The standard InChI is InChI=1S/C10H18O2/c1-7(2)12-6-9(11)8-5-10(8,3)4/h7-8H,5-6H2,1-4H3. The number of carbonyl (C=O) groups excluding carboxylic acids is 1. The van der Waals surface area contributed by atoms with Crippen molar-refractivity contribution in [2.45, 2.75) is 40.2 Å². The van der Waals surface area contributed by atoms with E-state index >= 15 is 0 Å². The first-order chi connectivity index (χ1) is 5.43. The SMILES string of the molecule is CC(C)OCC(=O)C1CC1(C)C. The lowest BCUT2D eigenvalue weighted by Crippen LogP contribution is -2.16. The zero-order chi connectivity index (χ0) is 9.35. The summed E-state index contributed by atoms with van der Waals surface area (Å²) in [6.45, 7) is 8.46. The van der Waals surface area contributed by atoms with E-state index in [1.165, 1.54) is 0 Å². The normalized spacial score (nSPS) is 25.9. The van der Waals surface area contributed by atoms with Crippen molar-refractivity contribution in [3.05, 3.63) is 0 Å². The molecule has 1 fully saturated rings. The van der Waals surface area contributed by atoms with Crippen LogP contribution in [0, 0.1) is 11.3 Å². The van der Waals surface area contributed by atoms with E-state index < -0.39 is 0 Å². The second kappa shape index (κ2) is 3.17. The molecule has 0 N–H and O–H groups in total. The van der Waals surface area contributed by atoms with E-state index in [1.54, 1.807) is 0 Å². The molecular formula is C10H18O2. The average Bonchev–Trinajstić information content (AvgIpc) is 2.55. The van der Waals surface area contributed by atoms with E-state index in [0.717, 1.165) is 6.42 Å². The van der Waals surface area contributed by atoms with E-state index in [2.05, 4.69) is 13.8 Å². The lowest BCUT2D eigenvalue weighted by atomic mass is 10.1. The Balaban J connectivity index is 2.23. The molecule has 2 nitrogen and oxygen atoms in total. The maximum atomic E-state index is 11.4. The number of hydrogen-bond acceptors (Lipinski definition) is 2. The van der Waals surface area contributed by atoms with E-state index in [4.69, 9.17) is 4.74 Å². The molecular weight excluding hydrogens is 152 g/mol. The summed E-state index contributed by atoms with van der Waals surface area (Å²) < 4.78 is 5.25. The highest BCUT2D eigenvalue weighted by molar-refractivity contribution is 5.85. The molecule has 1 aliphatic rings. The Labute approximate surface area is 74.3 Å². The minimum absolute atomic E-state index is 0.163. The summed E-state index contributed by atoms with van der Waals surface area (Å²) in [6, 6.07) is 0. The fourth-order valence-corrected chi connectivity index (χ4v) is 1.37. The van der Waals surface area contributed by atoms with Crippen LogP contribution in [0.25, 0.3) is 0 Å². The fraction of sp³-hybridized carbons (Fsp3) is 0.900. The molecule has 0 radical (unpaired) electrons. The van der Waals surface area contributed by atoms with Crippen LogP contribution in [0.3, 0.4) is 0 Å². The number of rotatable bonds is 4. The third kappa shape index (κ3) is 2.31. The minimum atomic E-state index is 0.163. The van der Waals surface area contributed by atoms with Gasteiger partial charge >= 0.3 is 0 Å². The van der Waals surface area contributed by atoms with E-state index in [9.17, 15) is 4.79 Å². The summed E-state index contributed by atoms with van der Waals surface area (Å²) in [5, 5.41) is 0. The summed E-state index contributed by atoms with van der Waals surface area (Å²) in [6.07, 6.45) is 1.20. The summed E-state index contributed by atoms with van der Waals surface area (Å²) in [5.74, 6) is 0.532. The highest BCUT2D eigenvalue weighted by Gasteiger charge is 2.49. The first-order valence-corrected chi connectivity index (χ1v) is 4.58. The molecule has 1 unspecified atom stereocenters. The topological polar surface area (TPSA) is 26.3 Å². The van der Waals surface area contributed by atoms with Gasteiger partial charge in [-0.25, -0.2) is 0 Å². The van der Waals surface area contributed by atoms with Gasteiger partial charge in [-0.05, 0) is 25.7 Å². The smallest absolute Gasteiger partial charge is 0.162 e. The van der Waals surface area contributed by atoms with Crippen molar-refractivity contribution in [2.24, 2.45) is 11.3 Å². The van der Waals surface area contributed by atoms with Crippen LogP contribution in [-0.2, 0) is 9.53 Å². The predicted octanol–water partition coefficient (Wildman–Crippen LogP) is 2.03. The first kappa shape index (κ1) is 9.72. The third-order valence-corrected chi connectivity index (χ3v) is 2.46. The molecule has 0 spiro atoms. The predicted molar refractivity (Wildman–Crippen MR) is 48.0 cm³/mol. The molecule has 0 aromatic heterocycles. The number of hydrogen-bond donors (Lipinski definition) is 0. The number of ether oxygens (including phenoxy) is 1. The van der Waals surface area contributed by atoms with Gasteiger partial charge in [0.15, 0.2) is 5.78 Å². The molecule has 2 heteroatoms. The van der Waals surface area contributed by atoms with Crippen LogP contribution >= 0.6 is 0 Å². The van der Waals surface area contributed by atoms with Crippen molar-refractivity contribution < 1.29 is 9.53 Å². The van der Waals surface area contributed by atoms with Gasteiger partial charge in [-0.1, -0.05) is 13.8 Å². The van der Waals surface area contributed by atoms with Crippen molar-refractivity contribution in [3.8, 4) is 0 Å². The van der Waals surface area contributed by atoms with E-state index in [0.29, 0.717) is 6.61 Å². The number of carbonyl (C=O) groups is 1. The molecule has 0 heterocycles. The van der Waals surface area contributed by atoms with Gasteiger partial charge in [0.05, 0.1) is 6.10 Å². The maximum Gasteiger partial charge on any atom is 0.162 e.